The van der Waals surface area contributed by atoms with Crippen LogP contribution in [0.2, 0.25) is 0 Å². The molecule has 0 radical (unpaired) electrons. The molecule has 0 unspecified atom stereocenters. The molecule has 0 amide bonds. The van der Waals surface area contributed by atoms with Crippen LogP contribution >= 0.6 is 0 Å². The van der Waals surface area contributed by atoms with Gasteiger partial charge in [0.15, 0.2) is 5.82 Å². The third-order valence-corrected chi connectivity index (χ3v) is 7.18. The SMILES string of the molecule is CN(C)c1ccc(O[C@@H]2CCN(S(=O)(=O)C3CCCCC3)C2)nn1. The zero-order valence-corrected chi connectivity index (χ0v) is 15.2. The predicted molar refractivity (Wildman–Crippen MR) is 92.8 cm³/mol. The number of nitrogens with zero attached hydrogens (tertiary/aromatic N) is 4. The van der Waals surface area contributed by atoms with E-state index in [0.29, 0.717) is 25.4 Å². The van der Waals surface area contributed by atoms with Crippen molar-refractivity contribution in [3.05, 3.63) is 12.1 Å². The quantitative estimate of drug-likeness (QED) is 0.800. The van der Waals surface area contributed by atoms with Gasteiger partial charge >= 0.3 is 0 Å². The Balaban J connectivity index is 1.58. The highest BCUT2D eigenvalue weighted by Crippen LogP contribution is 2.29. The fraction of sp³-hybridized carbons (Fsp3) is 0.750. The Labute approximate surface area is 144 Å². The number of rotatable bonds is 5. The molecule has 134 valence electrons. The molecule has 2 fully saturated rings. The van der Waals surface area contributed by atoms with Crippen LogP contribution in [0.5, 0.6) is 5.88 Å². The topological polar surface area (TPSA) is 75.6 Å². The lowest BCUT2D eigenvalue weighted by atomic mass is 10.0. The third kappa shape index (κ3) is 3.80. The molecule has 3 rings (SSSR count). The van der Waals surface area contributed by atoms with Crippen molar-refractivity contribution in [3.8, 4) is 5.88 Å². The van der Waals surface area contributed by atoms with Crippen LogP contribution in [0, 0.1) is 0 Å². The van der Waals surface area contributed by atoms with E-state index in [0.717, 1.165) is 37.9 Å². The van der Waals surface area contributed by atoms with Crippen molar-refractivity contribution < 1.29 is 13.2 Å². The van der Waals surface area contributed by atoms with E-state index >= 15 is 0 Å². The first-order valence-electron chi connectivity index (χ1n) is 8.63. The van der Waals surface area contributed by atoms with Crippen molar-refractivity contribution in [1.29, 1.82) is 0 Å². The number of hydrogen-bond acceptors (Lipinski definition) is 6. The Bertz CT molecular complexity index is 642. The average molecular weight is 354 g/mol. The molecule has 2 heterocycles. The summed E-state index contributed by atoms with van der Waals surface area (Å²) in [5.41, 5.74) is 0. The summed E-state index contributed by atoms with van der Waals surface area (Å²) in [7, 11) is 0.602. The molecule has 24 heavy (non-hydrogen) atoms. The van der Waals surface area contributed by atoms with E-state index < -0.39 is 10.0 Å². The monoisotopic (exact) mass is 354 g/mol. The van der Waals surface area contributed by atoms with E-state index in [1.165, 1.54) is 0 Å². The van der Waals surface area contributed by atoms with Gasteiger partial charge in [0.25, 0.3) is 0 Å². The standard InChI is InChI=1S/C16H26N4O3S/c1-19(2)15-8-9-16(18-17-15)23-13-10-11-20(12-13)24(21,22)14-6-4-3-5-7-14/h8-9,13-14H,3-7,10-12H2,1-2H3/t13-/m1/s1. The maximum atomic E-state index is 12.7. The van der Waals surface area contributed by atoms with Crippen LogP contribution in [0.25, 0.3) is 0 Å². The molecule has 1 saturated carbocycles. The van der Waals surface area contributed by atoms with E-state index in [4.69, 9.17) is 4.74 Å². The zero-order chi connectivity index (χ0) is 17.2. The summed E-state index contributed by atoms with van der Waals surface area (Å²) in [5, 5.41) is 7.93. The molecular weight excluding hydrogens is 328 g/mol. The highest BCUT2D eigenvalue weighted by atomic mass is 32.2. The van der Waals surface area contributed by atoms with E-state index in [1.807, 2.05) is 25.1 Å². The number of hydrogen-bond donors (Lipinski definition) is 0. The van der Waals surface area contributed by atoms with E-state index in [1.54, 1.807) is 10.4 Å². The average Bonchev–Trinajstić information content (AvgIpc) is 3.05. The highest BCUT2D eigenvalue weighted by molar-refractivity contribution is 7.89. The first-order valence-corrected chi connectivity index (χ1v) is 10.1. The van der Waals surface area contributed by atoms with Gasteiger partial charge in [-0.2, -0.15) is 4.31 Å². The fourth-order valence-corrected chi connectivity index (χ4v) is 5.47. The van der Waals surface area contributed by atoms with Crippen LogP contribution in [0.4, 0.5) is 5.82 Å². The largest absolute Gasteiger partial charge is 0.472 e. The highest BCUT2D eigenvalue weighted by Gasteiger charge is 2.38. The van der Waals surface area contributed by atoms with Crippen LogP contribution in [-0.2, 0) is 10.0 Å². The van der Waals surface area contributed by atoms with E-state index in [9.17, 15) is 8.42 Å². The molecular formula is C16H26N4O3S. The molecule has 1 aliphatic heterocycles. The summed E-state index contributed by atoms with van der Waals surface area (Å²) in [4.78, 5) is 1.87. The molecule has 0 spiro atoms. The van der Waals surface area contributed by atoms with Gasteiger partial charge in [-0.3, -0.25) is 0 Å². The molecule has 1 aromatic rings. The van der Waals surface area contributed by atoms with Gasteiger partial charge in [-0.25, -0.2) is 8.42 Å². The predicted octanol–water partition coefficient (Wildman–Crippen LogP) is 1.66. The van der Waals surface area contributed by atoms with Gasteiger partial charge in [0.2, 0.25) is 15.9 Å². The van der Waals surface area contributed by atoms with Crippen LogP contribution < -0.4 is 9.64 Å². The maximum absolute atomic E-state index is 12.7. The van der Waals surface area contributed by atoms with Gasteiger partial charge in [0.05, 0.1) is 11.8 Å². The fourth-order valence-electron chi connectivity index (χ4n) is 3.38. The first kappa shape index (κ1) is 17.4. The second kappa shape index (κ2) is 7.23. The van der Waals surface area contributed by atoms with Crippen LogP contribution in [0.3, 0.4) is 0 Å². The Morgan fingerprint density at radius 1 is 1.12 bits per heavy atom. The van der Waals surface area contributed by atoms with E-state index in [2.05, 4.69) is 10.2 Å². The van der Waals surface area contributed by atoms with Crippen molar-refractivity contribution in [2.45, 2.75) is 49.9 Å². The zero-order valence-electron chi connectivity index (χ0n) is 14.4. The Kier molecular flexibility index (Phi) is 5.24. The minimum Gasteiger partial charge on any atom is -0.472 e. The lowest BCUT2D eigenvalue weighted by Crippen LogP contribution is -2.39. The Morgan fingerprint density at radius 2 is 1.88 bits per heavy atom. The first-order chi connectivity index (χ1) is 11.5. The van der Waals surface area contributed by atoms with Gasteiger partial charge in [-0.15, -0.1) is 10.2 Å². The van der Waals surface area contributed by atoms with Gasteiger partial charge in [-0.1, -0.05) is 19.3 Å². The van der Waals surface area contributed by atoms with E-state index in [-0.39, 0.29) is 11.4 Å². The number of ether oxygens (including phenoxy) is 1. The number of sulfonamides is 1. The second-order valence-electron chi connectivity index (χ2n) is 6.82. The molecule has 0 bridgehead atoms. The van der Waals surface area contributed by atoms with Gasteiger partial charge in [0.1, 0.15) is 6.10 Å². The molecule has 7 nitrogen and oxygen atoms in total. The summed E-state index contributed by atoms with van der Waals surface area (Å²) in [6, 6.07) is 3.62. The van der Waals surface area contributed by atoms with Gasteiger partial charge in [0, 0.05) is 26.7 Å². The molecule has 1 aliphatic carbocycles. The Morgan fingerprint density at radius 3 is 2.50 bits per heavy atom. The Hall–Kier alpha value is -1.41. The minimum absolute atomic E-state index is 0.150. The van der Waals surface area contributed by atoms with Crippen LogP contribution in [-0.4, -0.2) is 61.5 Å². The third-order valence-electron chi connectivity index (χ3n) is 4.81. The van der Waals surface area contributed by atoms with Crippen molar-refractivity contribution >= 4 is 15.8 Å². The number of anilines is 1. The number of aromatic nitrogens is 2. The molecule has 8 heteroatoms. The summed E-state index contributed by atoms with van der Waals surface area (Å²) in [6.07, 6.45) is 5.33. The molecule has 1 atom stereocenters. The lowest BCUT2D eigenvalue weighted by molar-refractivity contribution is 0.204. The van der Waals surface area contributed by atoms with Crippen LogP contribution in [0.15, 0.2) is 12.1 Å². The molecule has 0 aromatic carbocycles. The summed E-state index contributed by atoms with van der Waals surface area (Å²) in [6.45, 7) is 0.947. The summed E-state index contributed by atoms with van der Waals surface area (Å²) >= 11 is 0. The maximum Gasteiger partial charge on any atom is 0.233 e. The normalized spacial score (nSPS) is 23.3. The van der Waals surface area contributed by atoms with Crippen LogP contribution in [0.1, 0.15) is 38.5 Å². The van der Waals surface area contributed by atoms with Crippen molar-refractivity contribution in [1.82, 2.24) is 14.5 Å². The molecule has 2 aliphatic rings. The second-order valence-corrected chi connectivity index (χ2v) is 9.03. The van der Waals surface area contributed by atoms with Gasteiger partial charge in [-0.05, 0) is 25.3 Å². The van der Waals surface area contributed by atoms with Crippen molar-refractivity contribution in [3.63, 3.8) is 0 Å². The smallest absolute Gasteiger partial charge is 0.233 e. The lowest BCUT2D eigenvalue weighted by Gasteiger charge is -2.26. The van der Waals surface area contributed by atoms with Crippen molar-refractivity contribution in [2.24, 2.45) is 0 Å². The summed E-state index contributed by atoms with van der Waals surface area (Å²) in [5.74, 6) is 1.21. The molecule has 1 saturated heterocycles. The molecule has 1 aromatic heterocycles. The summed E-state index contributed by atoms with van der Waals surface area (Å²) < 4.78 is 32.9. The minimum atomic E-state index is -3.19. The van der Waals surface area contributed by atoms with Gasteiger partial charge < -0.3 is 9.64 Å². The van der Waals surface area contributed by atoms with Crippen molar-refractivity contribution in [2.75, 3.05) is 32.1 Å². The molecule has 0 N–H and O–H groups in total.